The third-order valence-corrected chi connectivity index (χ3v) is 10.4. The van der Waals surface area contributed by atoms with Crippen molar-refractivity contribution >= 4 is 72.1 Å². The number of hydrogen-bond acceptors (Lipinski definition) is 17. The maximum atomic E-state index is 16.0. The lowest BCUT2D eigenvalue weighted by Gasteiger charge is -2.28. The average molecular weight is 693 g/mol. The van der Waals surface area contributed by atoms with E-state index in [1.807, 2.05) is 0 Å². The third-order valence-electron chi connectivity index (χ3n) is 7.21. The minimum Gasteiger partial charge on any atom is -0.386 e. The van der Waals surface area contributed by atoms with Crippen LogP contribution in [0.4, 0.5) is 16.0 Å². The quantitative estimate of drug-likeness (QED) is 0.146. The van der Waals surface area contributed by atoms with Gasteiger partial charge in [-0.1, -0.05) is 24.5 Å². The number of imidazole rings is 2. The Labute approximate surface area is 256 Å². The molecule has 3 saturated heterocycles. The number of aliphatic hydroxyl groups excluding tert-OH is 1. The van der Waals surface area contributed by atoms with Gasteiger partial charge < -0.3 is 26.0 Å². The van der Waals surface area contributed by atoms with Crippen LogP contribution in [-0.4, -0.2) is 94.0 Å². The van der Waals surface area contributed by atoms with E-state index in [4.69, 9.17) is 39.0 Å². The highest BCUT2D eigenvalue weighted by Crippen LogP contribution is 2.60. The number of thiol groups is 2. The number of nitrogen functional groups attached to an aromatic ring is 2. The number of nitrogens with two attached hydrogens (primary N) is 2. The smallest absolute Gasteiger partial charge is 0.386 e. The average Bonchev–Trinajstić information content (AvgIpc) is 3.73. The molecule has 19 nitrogen and oxygen atoms in total. The minimum absolute atomic E-state index is 0.0606. The lowest BCUT2D eigenvalue weighted by molar-refractivity contribution is -0.0555. The predicted molar refractivity (Wildman–Crippen MR) is 153 cm³/mol. The summed E-state index contributed by atoms with van der Waals surface area (Å²) < 4.78 is 79.2. The van der Waals surface area contributed by atoms with E-state index in [2.05, 4.69) is 54.4 Å². The van der Waals surface area contributed by atoms with Gasteiger partial charge in [-0.05, 0) is 0 Å². The molecule has 236 valence electrons. The second-order valence-corrected chi connectivity index (χ2v) is 15.7. The predicted octanol–water partition coefficient (Wildman–Crippen LogP) is 1.22. The van der Waals surface area contributed by atoms with Gasteiger partial charge in [-0.15, -0.1) is 0 Å². The van der Waals surface area contributed by atoms with Crippen LogP contribution in [-0.2, 0) is 36.7 Å². The summed E-state index contributed by atoms with van der Waals surface area (Å²) in [5, 5.41) is 11.2. The van der Waals surface area contributed by atoms with Gasteiger partial charge in [0.1, 0.15) is 54.2 Å². The second-order valence-electron chi connectivity index (χ2n) is 9.90. The van der Waals surface area contributed by atoms with Gasteiger partial charge in [0.2, 0.25) is 0 Å². The Morgan fingerprint density at radius 1 is 0.795 bits per heavy atom. The van der Waals surface area contributed by atoms with Gasteiger partial charge in [-0.2, -0.15) is 0 Å². The highest BCUT2D eigenvalue weighted by atomic mass is 32.7. The molecule has 7 rings (SSSR count). The van der Waals surface area contributed by atoms with Crippen LogP contribution in [0, 0.1) is 0 Å². The van der Waals surface area contributed by atoms with Crippen LogP contribution in [0.3, 0.4) is 0 Å². The number of aromatic nitrogens is 8. The van der Waals surface area contributed by atoms with Gasteiger partial charge in [0.15, 0.2) is 41.6 Å². The molecule has 0 saturated carbocycles. The zero-order valence-corrected chi connectivity index (χ0v) is 25.5. The molecule has 0 spiro atoms. The Bertz CT molecular complexity index is 1710. The fourth-order valence-corrected chi connectivity index (χ4v) is 8.18. The lowest BCUT2D eigenvalue weighted by atomic mass is 10.1. The second kappa shape index (κ2) is 11.1. The first-order valence-electron chi connectivity index (χ1n) is 12.7. The molecule has 44 heavy (non-hydrogen) atoms. The first-order chi connectivity index (χ1) is 20.9. The Morgan fingerprint density at radius 2 is 1.27 bits per heavy atom. The third kappa shape index (κ3) is 5.26. The molecule has 3 aliphatic rings. The Hall–Kier alpha value is -2.49. The number of ether oxygens (including phenoxy) is 2. The summed E-state index contributed by atoms with van der Waals surface area (Å²) in [4.78, 5) is 24.2. The summed E-state index contributed by atoms with van der Waals surface area (Å²) in [6.07, 6.45) is -6.81. The number of rotatable bonds is 2. The van der Waals surface area contributed by atoms with Gasteiger partial charge in [0.25, 0.3) is 0 Å². The first kappa shape index (κ1) is 30.2. The summed E-state index contributed by atoms with van der Waals surface area (Å²) >= 11 is 8.07. The molecule has 7 heterocycles. The largest absolute Gasteiger partial charge is 0.386 e. The maximum Gasteiger partial charge on any atom is 0.386 e. The van der Waals surface area contributed by atoms with Crippen molar-refractivity contribution in [3.05, 3.63) is 25.3 Å². The van der Waals surface area contributed by atoms with Crippen molar-refractivity contribution in [3.8, 4) is 0 Å². The number of fused-ring (bicyclic) bond motifs is 4. The number of halogens is 1. The Balaban J connectivity index is 1.17. The van der Waals surface area contributed by atoms with Crippen LogP contribution < -0.4 is 11.5 Å². The maximum absolute atomic E-state index is 16.0. The summed E-state index contributed by atoms with van der Waals surface area (Å²) in [7, 11) is 0. The van der Waals surface area contributed by atoms with Crippen molar-refractivity contribution in [1.82, 2.24) is 39.0 Å². The minimum atomic E-state index is -4.34. The van der Waals surface area contributed by atoms with Crippen LogP contribution in [0.2, 0.25) is 0 Å². The van der Waals surface area contributed by atoms with Crippen molar-refractivity contribution in [3.63, 3.8) is 0 Å². The molecule has 0 aliphatic carbocycles. The molecule has 0 radical (unpaired) electrons. The van der Waals surface area contributed by atoms with Crippen molar-refractivity contribution in [2.24, 2.45) is 0 Å². The van der Waals surface area contributed by atoms with E-state index in [0.717, 1.165) is 0 Å². The van der Waals surface area contributed by atoms with E-state index in [1.54, 1.807) is 0 Å². The summed E-state index contributed by atoms with van der Waals surface area (Å²) in [6, 6.07) is 0. The normalized spacial score (nSPS) is 38.3. The van der Waals surface area contributed by atoms with E-state index < -0.39 is 76.0 Å². The number of alkyl halides is 1. The molecule has 4 aromatic rings. The molecular formula is C20H23FN10O9P2S2. The highest BCUT2D eigenvalue weighted by molar-refractivity contribution is 8.44. The fraction of sp³-hybridized carbons (Fsp3) is 0.500. The lowest BCUT2D eigenvalue weighted by Crippen LogP contribution is -2.37. The van der Waals surface area contributed by atoms with E-state index in [1.165, 1.54) is 34.4 Å². The highest BCUT2D eigenvalue weighted by Gasteiger charge is 2.54. The number of anilines is 2. The topological polar surface area (TPSA) is 249 Å². The molecule has 10 atom stereocenters. The van der Waals surface area contributed by atoms with Gasteiger partial charge in [-0.3, -0.25) is 27.2 Å². The van der Waals surface area contributed by atoms with Crippen LogP contribution in [0.5, 0.6) is 0 Å². The molecule has 5 N–H and O–H groups in total. The van der Waals surface area contributed by atoms with Gasteiger partial charge in [-0.25, -0.2) is 43.4 Å². The molecule has 2 unspecified atom stereocenters. The summed E-state index contributed by atoms with van der Waals surface area (Å²) in [5.41, 5.74) is 12.5. The van der Waals surface area contributed by atoms with E-state index in [-0.39, 0.29) is 34.0 Å². The molecule has 0 aromatic carbocycles. The summed E-state index contributed by atoms with van der Waals surface area (Å²) in [6.45, 7) is -9.83. The van der Waals surface area contributed by atoms with Crippen molar-refractivity contribution in [2.75, 3.05) is 24.7 Å². The zero-order chi connectivity index (χ0) is 31.0. The number of aliphatic hydroxyl groups is 1. The molecular weight excluding hydrogens is 669 g/mol. The van der Waals surface area contributed by atoms with E-state index in [0.29, 0.717) is 0 Å². The number of nitrogens with zero attached hydrogens (tertiary/aromatic N) is 8. The molecule has 0 bridgehead atoms. The van der Waals surface area contributed by atoms with Crippen LogP contribution >= 0.6 is 38.1 Å². The number of hydrogen-bond donors (Lipinski definition) is 5. The Kier molecular flexibility index (Phi) is 7.61. The summed E-state index contributed by atoms with van der Waals surface area (Å²) in [5.74, 6) is 0.152. The standard InChI is InChI=1S/C20H23FN10O9P2S2/c21-9-13-7(37-19(9)30-5-28-10-15(22)24-3-26-17(10)30)1-35-42(34,44)40-14-8(2-36-41(33,43)39-13)38-20(12(14)32)31-6-29-11-16(23)25-4-27-18(11)31/h3-9,12-14,19-20,32H,1-2H2,(H,33,43)(H,34,44)(H2,22,24,26)(H2,23,25,27)/t7?,8?,9-,12-,13-,14-,19-,20-,41+,42-/m1/s1. The van der Waals surface area contributed by atoms with E-state index in [9.17, 15) is 14.2 Å². The fourth-order valence-electron chi connectivity index (χ4n) is 5.21. The van der Waals surface area contributed by atoms with Crippen molar-refractivity contribution < 1.29 is 46.2 Å². The zero-order valence-electron chi connectivity index (χ0n) is 22.0. The molecule has 3 aliphatic heterocycles. The monoisotopic (exact) mass is 692 g/mol. The van der Waals surface area contributed by atoms with Gasteiger partial charge in [0.05, 0.1) is 25.9 Å². The van der Waals surface area contributed by atoms with Crippen molar-refractivity contribution in [2.45, 2.75) is 49.1 Å². The van der Waals surface area contributed by atoms with Crippen molar-refractivity contribution in [1.29, 1.82) is 0 Å². The molecule has 0 amide bonds. The molecule has 4 aromatic heterocycles. The molecule has 3 fully saturated rings. The first-order valence-corrected chi connectivity index (χ1v) is 18.1. The van der Waals surface area contributed by atoms with Gasteiger partial charge >= 0.3 is 13.6 Å². The SMILES string of the molecule is Nc1ncnc2c1ncn2[C@@H]1OC2CO[P@](=O)(S)O[C@@H]3C(CO[P@@](=O)(S)O[C@H]2[C@H]1O)O[C@@H](n1cnc2c(N)ncnc21)[C@@H]3F. The van der Waals surface area contributed by atoms with Crippen LogP contribution in [0.15, 0.2) is 25.3 Å². The van der Waals surface area contributed by atoms with Crippen LogP contribution in [0.25, 0.3) is 22.3 Å². The van der Waals surface area contributed by atoms with E-state index >= 15 is 4.39 Å². The van der Waals surface area contributed by atoms with Crippen LogP contribution in [0.1, 0.15) is 12.5 Å². The Morgan fingerprint density at radius 3 is 1.84 bits per heavy atom. The molecule has 24 heteroatoms. The van der Waals surface area contributed by atoms with Gasteiger partial charge in [0, 0.05) is 0 Å².